The van der Waals surface area contributed by atoms with E-state index in [-0.39, 0.29) is 23.8 Å². The Labute approximate surface area is 246 Å². The fraction of sp³-hybridized carbons (Fsp3) is 0.0667. The molecule has 0 unspecified atom stereocenters. The zero-order valence-corrected chi connectivity index (χ0v) is 24.0. The van der Waals surface area contributed by atoms with Crippen molar-refractivity contribution in [2.75, 3.05) is 6.54 Å². The molecule has 0 radical (unpaired) electrons. The Hall–Kier alpha value is -4.15. The third kappa shape index (κ3) is 7.71. The van der Waals surface area contributed by atoms with Crippen LogP contribution < -0.4 is 15.5 Å². The predicted molar refractivity (Wildman–Crippen MR) is 157 cm³/mol. The Morgan fingerprint density at radius 1 is 0.875 bits per heavy atom. The van der Waals surface area contributed by atoms with Crippen molar-refractivity contribution in [3.63, 3.8) is 0 Å². The molecule has 2 amide bonds. The van der Waals surface area contributed by atoms with Crippen LogP contribution in [0.3, 0.4) is 0 Å². The Balaban J connectivity index is 1.41. The first-order valence-electron chi connectivity index (χ1n) is 12.0. The van der Waals surface area contributed by atoms with Gasteiger partial charge in [0.15, 0.2) is 5.75 Å². The van der Waals surface area contributed by atoms with E-state index in [1.807, 2.05) is 60.7 Å². The number of hydrogen-bond donors (Lipinski definition) is 2. The van der Waals surface area contributed by atoms with Crippen molar-refractivity contribution >= 4 is 55.9 Å². The summed E-state index contributed by atoms with van der Waals surface area (Å²) in [4.78, 5) is 38.1. The summed E-state index contributed by atoms with van der Waals surface area (Å²) in [5.74, 6) is -2.70. The average Bonchev–Trinajstić information content (AvgIpc) is 2.95. The van der Waals surface area contributed by atoms with Crippen LogP contribution in [0.2, 0.25) is 0 Å². The lowest BCUT2D eigenvalue weighted by atomic mass is 9.90. The molecule has 2 N–H and O–H groups in total. The zero-order valence-electron chi connectivity index (χ0n) is 20.8. The second-order valence-corrected chi connectivity index (χ2v) is 10.2. The summed E-state index contributed by atoms with van der Waals surface area (Å²) in [6.07, 6.45) is 1.29. The van der Waals surface area contributed by atoms with Crippen LogP contribution in [-0.4, -0.2) is 30.5 Å². The molecule has 202 valence electrons. The number of ether oxygens (including phenoxy) is 1. The molecular formula is C30H22Br2FN3O4. The molecule has 0 aromatic heterocycles. The van der Waals surface area contributed by atoms with Gasteiger partial charge in [0.1, 0.15) is 5.82 Å². The monoisotopic (exact) mass is 665 g/mol. The van der Waals surface area contributed by atoms with E-state index >= 15 is 0 Å². The molecule has 4 rings (SSSR count). The zero-order chi connectivity index (χ0) is 28.5. The van der Waals surface area contributed by atoms with Crippen LogP contribution in [0.4, 0.5) is 4.39 Å². The molecule has 0 heterocycles. The summed E-state index contributed by atoms with van der Waals surface area (Å²) in [5, 5.41) is 6.62. The highest BCUT2D eigenvalue weighted by Gasteiger charge is 2.23. The first-order chi connectivity index (χ1) is 19.3. The van der Waals surface area contributed by atoms with Crippen LogP contribution in [-0.2, 0) is 9.59 Å². The minimum absolute atomic E-state index is 0.0334. The third-order valence-corrected chi connectivity index (χ3v) is 6.68. The molecule has 0 aliphatic carbocycles. The van der Waals surface area contributed by atoms with E-state index in [2.05, 4.69) is 47.7 Å². The van der Waals surface area contributed by atoms with Gasteiger partial charge < -0.3 is 10.1 Å². The van der Waals surface area contributed by atoms with E-state index in [4.69, 9.17) is 4.74 Å². The second-order valence-electron chi connectivity index (χ2n) is 8.47. The molecule has 4 aromatic carbocycles. The van der Waals surface area contributed by atoms with Crippen LogP contribution in [0.25, 0.3) is 0 Å². The standard InChI is InChI=1S/C30H22Br2FN3O4/c31-23-14-22(28(25(32)16-23)40-30(39)21-12-7-13-24(33)15-21)17-35-36-26(37)18-34-29(38)27(19-8-3-1-4-9-19)20-10-5-2-6-11-20/h1-17,27H,18H2,(H,34,38)(H,36,37)/b35-17+. The molecule has 0 aliphatic rings. The summed E-state index contributed by atoms with van der Waals surface area (Å²) < 4.78 is 20.1. The number of carbonyl (C=O) groups excluding carboxylic acids is 3. The highest BCUT2D eigenvalue weighted by molar-refractivity contribution is 9.11. The molecule has 0 fully saturated rings. The van der Waals surface area contributed by atoms with Crippen LogP contribution in [0, 0.1) is 5.82 Å². The highest BCUT2D eigenvalue weighted by Crippen LogP contribution is 2.33. The lowest BCUT2D eigenvalue weighted by Gasteiger charge is -2.17. The van der Waals surface area contributed by atoms with Gasteiger partial charge in [-0.2, -0.15) is 5.10 Å². The minimum atomic E-state index is -0.768. The van der Waals surface area contributed by atoms with Gasteiger partial charge in [-0.05, 0) is 57.4 Å². The largest absolute Gasteiger partial charge is 0.421 e. The van der Waals surface area contributed by atoms with E-state index in [1.165, 1.54) is 24.4 Å². The van der Waals surface area contributed by atoms with Crippen molar-refractivity contribution in [1.29, 1.82) is 0 Å². The van der Waals surface area contributed by atoms with Crippen molar-refractivity contribution in [2.24, 2.45) is 5.10 Å². The normalized spacial score (nSPS) is 10.9. The number of nitrogens with one attached hydrogen (secondary N) is 2. The Morgan fingerprint density at radius 3 is 2.15 bits per heavy atom. The first-order valence-corrected chi connectivity index (χ1v) is 13.6. The number of benzene rings is 4. The van der Waals surface area contributed by atoms with E-state index in [1.54, 1.807) is 12.1 Å². The molecule has 0 atom stereocenters. The highest BCUT2D eigenvalue weighted by atomic mass is 79.9. The van der Waals surface area contributed by atoms with Gasteiger partial charge in [-0.1, -0.05) is 82.7 Å². The number of nitrogens with zero attached hydrogens (tertiary/aromatic N) is 1. The van der Waals surface area contributed by atoms with E-state index in [0.29, 0.717) is 14.5 Å². The van der Waals surface area contributed by atoms with Gasteiger partial charge in [-0.25, -0.2) is 14.6 Å². The van der Waals surface area contributed by atoms with Crippen LogP contribution in [0.15, 0.2) is 111 Å². The lowest BCUT2D eigenvalue weighted by molar-refractivity contribution is -0.126. The van der Waals surface area contributed by atoms with Gasteiger partial charge in [0.05, 0.1) is 28.7 Å². The summed E-state index contributed by atoms with van der Waals surface area (Å²) in [7, 11) is 0. The molecule has 0 spiro atoms. The van der Waals surface area contributed by atoms with Gasteiger partial charge >= 0.3 is 5.97 Å². The summed E-state index contributed by atoms with van der Waals surface area (Å²) in [6, 6.07) is 27.0. The number of halogens is 3. The topological polar surface area (TPSA) is 96.9 Å². The summed E-state index contributed by atoms with van der Waals surface area (Å²) >= 11 is 6.71. The van der Waals surface area contributed by atoms with E-state index < -0.39 is 23.6 Å². The number of hydrogen-bond acceptors (Lipinski definition) is 5. The Kier molecular flexibility index (Phi) is 9.93. The van der Waals surface area contributed by atoms with Gasteiger partial charge in [-0.15, -0.1) is 0 Å². The maximum absolute atomic E-state index is 13.5. The maximum Gasteiger partial charge on any atom is 0.343 e. The van der Waals surface area contributed by atoms with E-state index in [0.717, 1.165) is 17.2 Å². The Morgan fingerprint density at radius 2 is 1.52 bits per heavy atom. The second kappa shape index (κ2) is 13.8. The quantitative estimate of drug-likeness (QED) is 0.0996. The van der Waals surface area contributed by atoms with Crippen LogP contribution in [0.5, 0.6) is 5.75 Å². The fourth-order valence-electron chi connectivity index (χ4n) is 3.82. The number of amides is 2. The number of esters is 1. The number of hydrazone groups is 1. The number of rotatable bonds is 9. The van der Waals surface area contributed by atoms with Crippen molar-refractivity contribution in [3.05, 3.63) is 134 Å². The SMILES string of the molecule is O=C(CNC(=O)C(c1ccccc1)c1ccccc1)N/N=C/c1cc(Br)cc(Br)c1OC(=O)c1cccc(F)c1. The molecule has 0 bridgehead atoms. The van der Waals surface area contributed by atoms with Crippen LogP contribution in [0.1, 0.15) is 33.0 Å². The first kappa shape index (κ1) is 28.8. The maximum atomic E-state index is 13.5. The van der Waals surface area contributed by atoms with Gasteiger partial charge in [-0.3, -0.25) is 9.59 Å². The predicted octanol–water partition coefficient (Wildman–Crippen LogP) is 5.97. The van der Waals surface area contributed by atoms with Crippen molar-refractivity contribution in [1.82, 2.24) is 10.7 Å². The molecule has 0 saturated carbocycles. The average molecular weight is 667 g/mol. The molecule has 4 aromatic rings. The van der Waals surface area contributed by atoms with Crippen LogP contribution >= 0.6 is 31.9 Å². The summed E-state index contributed by atoms with van der Waals surface area (Å²) in [6.45, 7) is -0.310. The molecule has 0 saturated heterocycles. The lowest BCUT2D eigenvalue weighted by Crippen LogP contribution is -2.37. The molecule has 0 aliphatic heterocycles. The fourth-order valence-corrected chi connectivity index (χ4v) is 5.16. The van der Waals surface area contributed by atoms with Crippen molar-refractivity contribution in [2.45, 2.75) is 5.92 Å². The summed E-state index contributed by atoms with van der Waals surface area (Å²) in [5.41, 5.74) is 4.34. The van der Waals surface area contributed by atoms with Gasteiger partial charge in [0.25, 0.3) is 5.91 Å². The van der Waals surface area contributed by atoms with Gasteiger partial charge in [0, 0.05) is 10.0 Å². The smallest absolute Gasteiger partial charge is 0.343 e. The molecular weight excluding hydrogens is 645 g/mol. The van der Waals surface area contributed by atoms with Crippen molar-refractivity contribution < 1.29 is 23.5 Å². The van der Waals surface area contributed by atoms with Gasteiger partial charge in [0.2, 0.25) is 5.91 Å². The Bertz CT molecular complexity index is 1510. The molecule has 10 heteroatoms. The molecule has 40 heavy (non-hydrogen) atoms. The number of carbonyl (C=O) groups is 3. The van der Waals surface area contributed by atoms with Crippen molar-refractivity contribution in [3.8, 4) is 5.75 Å². The minimum Gasteiger partial charge on any atom is -0.421 e. The third-order valence-electron chi connectivity index (χ3n) is 5.64. The van der Waals surface area contributed by atoms with E-state index in [9.17, 15) is 18.8 Å². The molecule has 7 nitrogen and oxygen atoms in total.